The van der Waals surface area contributed by atoms with Gasteiger partial charge in [0.2, 0.25) is 0 Å². The number of rotatable bonds is 16. The molecule has 0 saturated carbocycles. The van der Waals surface area contributed by atoms with Crippen LogP contribution in [0.1, 0.15) is 85.9 Å². The summed E-state index contributed by atoms with van der Waals surface area (Å²) in [6.45, 7) is 3.32. The van der Waals surface area contributed by atoms with E-state index in [1.165, 1.54) is 18.1 Å². The minimum atomic E-state index is -0.494. The molecule has 0 aromatic heterocycles. The minimum absolute atomic E-state index is 0. The van der Waals surface area contributed by atoms with Gasteiger partial charge in [-0.05, 0) is 56.2 Å². The Morgan fingerprint density at radius 3 is 1.43 bits per heavy atom. The van der Waals surface area contributed by atoms with Crippen molar-refractivity contribution in [3.05, 3.63) is 108 Å². The molecule has 0 saturated heterocycles. The lowest BCUT2D eigenvalue weighted by Gasteiger charge is -2.23. The zero-order valence-electron chi connectivity index (χ0n) is 25.4. The van der Waals surface area contributed by atoms with E-state index in [4.69, 9.17) is 14.2 Å². The van der Waals surface area contributed by atoms with E-state index < -0.39 is 5.92 Å². The lowest BCUT2D eigenvalue weighted by atomic mass is 9.90. The molecule has 7 heteroatoms. The highest BCUT2D eigenvalue weighted by Crippen LogP contribution is 2.20. The minimum Gasteiger partial charge on any atom is -0.461 e. The number of carbonyl (C=O) groups is 3. The Balaban J connectivity index is -0.000000385. The molecule has 0 amide bonds. The predicted octanol–water partition coefficient (Wildman–Crippen LogP) is 8.75. The second-order valence-electron chi connectivity index (χ2n) is 10.2. The Morgan fingerprint density at radius 2 is 1.04 bits per heavy atom. The van der Waals surface area contributed by atoms with E-state index in [2.05, 4.69) is 12.1 Å². The van der Waals surface area contributed by atoms with E-state index in [1.54, 1.807) is 21.1 Å². The van der Waals surface area contributed by atoms with E-state index in [-0.39, 0.29) is 80.9 Å². The van der Waals surface area contributed by atoms with Crippen molar-refractivity contribution >= 4 is 25.9 Å². The number of Topliss-reactive ketones (excluding diaryl/α,β-unsaturated/α-hetero) is 2. The van der Waals surface area contributed by atoms with Crippen molar-refractivity contribution in [3.8, 4) is 0 Å². The molecule has 255 valence electrons. The van der Waals surface area contributed by atoms with Crippen LogP contribution in [0.2, 0.25) is 0 Å². The Hall–Kier alpha value is -3.55. The highest BCUT2D eigenvalue weighted by atomic mass is 16.5. The van der Waals surface area contributed by atoms with Gasteiger partial charge in [0, 0.05) is 29.1 Å². The third kappa shape index (κ3) is 20.5. The van der Waals surface area contributed by atoms with Crippen LogP contribution in [0.3, 0.4) is 0 Å². The first kappa shape index (κ1) is 49.3. The van der Waals surface area contributed by atoms with Gasteiger partial charge in [0.15, 0.2) is 0 Å². The van der Waals surface area contributed by atoms with Crippen LogP contribution in [0.15, 0.2) is 91.0 Å². The van der Waals surface area contributed by atoms with Crippen molar-refractivity contribution in [2.45, 2.75) is 101 Å². The molecular formula is C39H60BO6. The van der Waals surface area contributed by atoms with Crippen molar-refractivity contribution in [2.75, 3.05) is 14.2 Å². The number of hydrogen-bond acceptors (Lipinski definition) is 6. The summed E-state index contributed by atoms with van der Waals surface area (Å²) < 4.78 is 16.1. The maximum Gasteiger partial charge on any atom is 0.306 e. The summed E-state index contributed by atoms with van der Waals surface area (Å²) in [7, 11) is 3.25. The molecule has 3 aromatic rings. The fourth-order valence-corrected chi connectivity index (χ4v) is 4.55. The van der Waals surface area contributed by atoms with E-state index in [0.717, 1.165) is 24.8 Å². The summed E-state index contributed by atoms with van der Waals surface area (Å²) >= 11 is 0. The molecule has 3 unspecified atom stereocenters. The van der Waals surface area contributed by atoms with Crippen LogP contribution in [0, 0.1) is 5.92 Å². The molecule has 0 aliphatic carbocycles. The van der Waals surface area contributed by atoms with Gasteiger partial charge >= 0.3 is 5.97 Å². The van der Waals surface area contributed by atoms with Crippen LogP contribution in [-0.2, 0) is 48.0 Å². The molecule has 3 rings (SSSR count). The molecule has 0 bridgehead atoms. The van der Waals surface area contributed by atoms with Crippen LogP contribution in [-0.4, -0.2) is 52.4 Å². The summed E-state index contributed by atoms with van der Waals surface area (Å²) in [5, 5.41) is 0. The first-order valence-corrected chi connectivity index (χ1v) is 14.1. The predicted molar refractivity (Wildman–Crippen MR) is 194 cm³/mol. The molecule has 3 aromatic carbocycles. The third-order valence-corrected chi connectivity index (χ3v) is 6.91. The molecule has 0 aliphatic rings. The summed E-state index contributed by atoms with van der Waals surface area (Å²) in [5.74, 6) is -0.737. The molecule has 0 heterocycles. The maximum absolute atomic E-state index is 12.2. The molecular weight excluding hydrogens is 575 g/mol. The molecule has 3 atom stereocenters. The van der Waals surface area contributed by atoms with Crippen molar-refractivity contribution in [1.29, 1.82) is 0 Å². The number of esters is 1. The van der Waals surface area contributed by atoms with Crippen LogP contribution < -0.4 is 0 Å². The monoisotopic (exact) mass is 635 g/mol. The number of benzene rings is 3. The van der Waals surface area contributed by atoms with Gasteiger partial charge in [-0.3, -0.25) is 14.4 Å². The number of ketones is 2. The van der Waals surface area contributed by atoms with Gasteiger partial charge < -0.3 is 14.2 Å². The quantitative estimate of drug-likeness (QED) is 0.116. The van der Waals surface area contributed by atoms with E-state index in [9.17, 15) is 14.4 Å². The summed E-state index contributed by atoms with van der Waals surface area (Å²) in [6.07, 6.45) is 3.64. The van der Waals surface area contributed by atoms with Crippen LogP contribution in [0.25, 0.3) is 0 Å². The standard InChI is InChI=1S/C22H26O4.C13H18O2.4CH4.B/c1-17(23)20(15-22(24)26-16-19-11-7-4-8-12-19)21(25-2)14-13-18-9-5-3-6-10-18;1-11(14)10-13(15-2)9-8-12-6-4-3-5-7-12;;;;;/h3-12,20-21H,13-16H2,1-2H3;3-7,13H,8-10H2,1-2H3;4*1H4;. The topological polar surface area (TPSA) is 78.9 Å². The smallest absolute Gasteiger partial charge is 0.306 e. The zero-order valence-corrected chi connectivity index (χ0v) is 25.4. The zero-order chi connectivity index (χ0) is 29.9. The molecule has 46 heavy (non-hydrogen) atoms. The first-order chi connectivity index (χ1) is 19.8. The van der Waals surface area contributed by atoms with Gasteiger partial charge in [-0.2, -0.15) is 0 Å². The van der Waals surface area contributed by atoms with Gasteiger partial charge in [-0.1, -0.05) is 121 Å². The number of methoxy groups -OCH3 is 2. The Labute approximate surface area is 282 Å². The molecule has 0 aliphatic heterocycles. The van der Waals surface area contributed by atoms with Gasteiger partial charge in [-0.25, -0.2) is 0 Å². The number of hydrogen-bond donors (Lipinski definition) is 0. The molecule has 0 N–H and O–H groups in total. The van der Waals surface area contributed by atoms with E-state index in [0.29, 0.717) is 12.8 Å². The van der Waals surface area contributed by atoms with Crippen molar-refractivity contribution < 1.29 is 28.6 Å². The summed E-state index contributed by atoms with van der Waals surface area (Å²) in [5.41, 5.74) is 3.40. The highest BCUT2D eigenvalue weighted by Gasteiger charge is 2.28. The largest absolute Gasteiger partial charge is 0.461 e. The molecule has 0 spiro atoms. The highest BCUT2D eigenvalue weighted by molar-refractivity contribution is 5.84. The van der Waals surface area contributed by atoms with Crippen molar-refractivity contribution in [1.82, 2.24) is 0 Å². The Morgan fingerprint density at radius 1 is 0.609 bits per heavy atom. The number of ether oxygens (including phenoxy) is 3. The number of carbonyl (C=O) groups excluding carboxylic acids is 3. The fourth-order valence-electron chi connectivity index (χ4n) is 4.55. The van der Waals surface area contributed by atoms with Gasteiger partial charge in [-0.15, -0.1) is 0 Å². The average molecular weight is 636 g/mol. The van der Waals surface area contributed by atoms with Crippen molar-refractivity contribution in [2.24, 2.45) is 5.92 Å². The van der Waals surface area contributed by atoms with Crippen molar-refractivity contribution in [3.63, 3.8) is 0 Å². The van der Waals surface area contributed by atoms with Crippen LogP contribution in [0.4, 0.5) is 0 Å². The maximum atomic E-state index is 12.2. The lowest BCUT2D eigenvalue weighted by molar-refractivity contribution is -0.150. The third-order valence-electron chi connectivity index (χ3n) is 6.91. The molecule has 0 fully saturated rings. The summed E-state index contributed by atoms with van der Waals surface area (Å²) in [6, 6.07) is 29.8. The van der Waals surface area contributed by atoms with Gasteiger partial charge in [0.25, 0.3) is 0 Å². The number of aryl methyl sites for hydroxylation is 2. The lowest BCUT2D eigenvalue weighted by Crippen LogP contribution is -2.31. The van der Waals surface area contributed by atoms with Gasteiger partial charge in [0.05, 0.1) is 24.5 Å². The van der Waals surface area contributed by atoms with E-state index >= 15 is 0 Å². The van der Waals surface area contributed by atoms with Crippen LogP contribution >= 0.6 is 0 Å². The second-order valence-corrected chi connectivity index (χ2v) is 10.2. The molecule has 3 radical (unpaired) electrons. The Bertz CT molecular complexity index is 1150. The normalized spacial score (nSPS) is 11.4. The average Bonchev–Trinajstić information content (AvgIpc) is 2.99. The molecule has 6 nitrogen and oxygen atoms in total. The summed E-state index contributed by atoms with van der Waals surface area (Å²) in [4.78, 5) is 35.2. The SMILES string of the molecule is C.C.C.C.COC(CCc1ccccc1)C(CC(=O)OCc1ccccc1)C(C)=O.COC(CCc1ccccc1)CC(C)=O.[B]. The van der Waals surface area contributed by atoms with E-state index in [1.807, 2.05) is 78.9 Å². The van der Waals surface area contributed by atoms with Crippen LogP contribution in [0.5, 0.6) is 0 Å². The first-order valence-electron chi connectivity index (χ1n) is 14.1. The fraction of sp³-hybridized carbons (Fsp3) is 0.462. The second kappa shape index (κ2) is 28.9. The Kier molecular flexibility index (Phi) is 31.0. The van der Waals surface area contributed by atoms with Gasteiger partial charge in [0.1, 0.15) is 18.2 Å².